The lowest BCUT2D eigenvalue weighted by atomic mass is 10.1. The van der Waals surface area contributed by atoms with Gasteiger partial charge in [-0.15, -0.1) is 0 Å². The third-order valence-corrected chi connectivity index (χ3v) is 4.67. The summed E-state index contributed by atoms with van der Waals surface area (Å²) in [5.74, 6) is -0.0334. The number of carbonyl (C=O) groups is 2. The van der Waals surface area contributed by atoms with Gasteiger partial charge in [-0.1, -0.05) is 17.7 Å². The predicted molar refractivity (Wildman–Crippen MR) is 87.2 cm³/mol. The summed E-state index contributed by atoms with van der Waals surface area (Å²) in [6, 6.07) is 7.57. The summed E-state index contributed by atoms with van der Waals surface area (Å²) < 4.78 is 5.26. The van der Waals surface area contributed by atoms with E-state index in [1.807, 2.05) is 43.0 Å². The number of esters is 1. The molecule has 0 aliphatic carbocycles. The summed E-state index contributed by atoms with van der Waals surface area (Å²) in [6.45, 7) is 6.89. The molecule has 5 nitrogen and oxygen atoms in total. The second-order valence-electron chi connectivity index (χ2n) is 6.55. The van der Waals surface area contributed by atoms with Gasteiger partial charge < -0.3 is 9.64 Å². The van der Waals surface area contributed by atoms with E-state index in [4.69, 9.17) is 4.74 Å². The van der Waals surface area contributed by atoms with Gasteiger partial charge in [0, 0.05) is 38.2 Å². The first kappa shape index (κ1) is 16.0. The molecule has 0 bridgehead atoms. The van der Waals surface area contributed by atoms with Crippen molar-refractivity contribution >= 4 is 11.9 Å². The molecule has 2 heterocycles. The molecular weight excluding hydrogens is 292 g/mol. The molecule has 3 rings (SSSR count). The molecule has 0 saturated carbocycles. The summed E-state index contributed by atoms with van der Waals surface area (Å²) in [7, 11) is 0. The van der Waals surface area contributed by atoms with Gasteiger partial charge >= 0.3 is 5.97 Å². The topological polar surface area (TPSA) is 49.9 Å². The lowest BCUT2D eigenvalue weighted by molar-refractivity contribution is -0.144. The van der Waals surface area contributed by atoms with Crippen LogP contribution in [-0.4, -0.2) is 60.0 Å². The summed E-state index contributed by atoms with van der Waals surface area (Å²) in [5, 5.41) is 0. The quantitative estimate of drug-likeness (QED) is 0.781. The first-order valence-corrected chi connectivity index (χ1v) is 8.35. The highest BCUT2D eigenvalue weighted by Gasteiger charge is 2.37. The number of carbonyl (C=O) groups excluding carboxylic acids is 2. The molecule has 1 amide bonds. The maximum atomic E-state index is 12.7. The van der Waals surface area contributed by atoms with Crippen LogP contribution in [0, 0.1) is 6.92 Å². The SMILES string of the molecule is Cc1cccc(C(=O)N2CCCN(C3CC(C)OC3=O)CC2)c1. The largest absolute Gasteiger partial charge is 0.461 e. The van der Waals surface area contributed by atoms with Crippen molar-refractivity contribution in [1.82, 2.24) is 9.80 Å². The Morgan fingerprint density at radius 1 is 1.22 bits per heavy atom. The number of nitrogens with zero attached hydrogens (tertiary/aromatic N) is 2. The number of amides is 1. The van der Waals surface area contributed by atoms with E-state index < -0.39 is 0 Å². The molecule has 0 aromatic heterocycles. The highest BCUT2D eigenvalue weighted by atomic mass is 16.6. The maximum Gasteiger partial charge on any atom is 0.323 e. The van der Waals surface area contributed by atoms with Crippen LogP contribution in [-0.2, 0) is 9.53 Å². The Kier molecular flexibility index (Phi) is 4.66. The number of aryl methyl sites for hydroxylation is 1. The van der Waals surface area contributed by atoms with Crippen LogP contribution in [0.4, 0.5) is 0 Å². The number of cyclic esters (lactones) is 1. The molecule has 2 atom stereocenters. The minimum absolute atomic E-state index is 0.000724. The second-order valence-corrected chi connectivity index (χ2v) is 6.55. The fourth-order valence-corrected chi connectivity index (χ4v) is 3.45. The fraction of sp³-hybridized carbons (Fsp3) is 0.556. The lowest BCUT2D eigenvalue weighted by Gasteiger charge is -2.24. The molecule has 2 saturated heterocycles. The molecule has 124 valence electrons. The molecule has 0 spiro atoms. The van der Waals surface area contributed by atoms with Crippen molar-refractivity contribution in [2.45, 2.75) is 38.8 Å². The van der Waals surface area contributed by atoms with E-state index in [0.29, 0.717) is 6.54 Å². The van der Waals surface area contributed by atoms with Crippen LogP contribution in [0.25, 0.3) is 0 Å². The van der Waals surface area contributed by atoms with Gasteiger partial charge in [-0.05, 0) is 32.4 Å². The van der Waals surface area contributed by atoms with E-state index in [9.17, 15) is 9.59 Å². The van der Waals surface area contributed by atoms with E-state index in [1.54, 1.807) is 0 Å². The van der Waals surface area contributed by atoms with Gasteiger partial charge in [-0.2, -0.15) is 0 Å². The van der Waals surface area contributed by atoms with Crippen molar-refractivity contribution < 1.29 is 14.3 Å². The summed E-state index contributed by atoms with van der Waals surface area (Å²) in [5.41, 5.74) is 1.84. The average Bonchev–Trinajstić information content (AvgIpc) is 2.74. The molecule has 23 heavy (non-hydrogen) atoms. The smallest absolute Gasteiger partial charge is 0.323 e. The van der Waals surface area contributed by atoms with Crippen molar-refractivity contribution in [3.63, 3.8) is 0 Å². The van der Waals surface area contributed by atoms with Crippen molar-refractivity contribution in [1.29, 1.82) is 0 Å². The Morgan fingerprint density at radius 3 is 2.74 bits per heavy atom. The first-order chi connectivity index (χ1) is 11.0. The van der Waals surface area contributed by atoms with Crippen molar-refractivity contribution in [2.75, 3.05) is 26.2 Å². The maximum absolute atomic E-state index is 12.7. The molecule has 2 aliphatic rings. The number of hydrogen-bond donors (Lipinski definition) is 0. The number of ether oxygens (including phenoxy) is 1. The van der Waals surface area contributed by atoms with Crippen molar-refractivity contribution in [3.8, 4) is 0 Å². The second kappa shape index (κ2) is 6.71. The van der Waals surface area contributed by atoms with Gasteiger partial charge in [0.2, 0.25) is 0 Å². The lowest BCUT2D eigenvalue weighted by Crippen LogP contribution is -2.41. The number of benzene rings is 1. The van der Waals surface area contributed by atoms with Gasteiger partial charge in [-0.25, -0.2) is 0 Å². The molecule has 0 N–H and O–H groups in total. The van der Waals surface area contributed by atoms with E-state index >= 15 is 0 Å². The predicted octanol–water partition coefficient (Wildman–Crippen LogP) is 1.85. The van der Waals surface area contributed by atoms with Crippen LogP contribution in [0.15, 0.2) is 24.3 Å². The zero-order valence-corrected chi connectivity index (χ0v) is 13.8. The van der Waals surface area contributed by atoms with Crippen LogP contribution < -0.4 is 0 Å². The fourth-order valence-electron chi connectivity index (χ4n) is 3.45. The monoisotopic (exact) mass is 316 g/mol. The van der Waals surface area contributed by atoms with Gasteiger partial charge in [0.1, 0.15) is 12.1 Å². The number of rotatable bonds is 2. The van der Waals surface area contributed by atoms with Crippen molar-refractivity contribution in [2.24, 2.45) is 0 Å². The molecular formula is C18H24N2O3. The first-order valence-electron chi connectivity index (χ1n) is 8.35. The number of hydrogen-bond acceptors (Lipinski definition) is 4. The van der Waals surface area contributed by atoms with Gasteiger partial charge in [0.15, 0.2) is 0 Å². The van der Waals surface area contributed by atoms with Gasteiger partial charge in [-0.3, -0.25) is 14.5 Å². The minimum Gasteiger partial charge on any atom is -0.461 e. The Balaban J connectivity index is 1.64. The standard InChI is InChI=1S/C18H24N2O3/c1-13-5-3-6-15(11-13)17(21)20-8-4-7-19(9-10-20)16-12-14(2)23-18(16)22/h3,5-6,11,14,16H,4,7-10,12H2,1-2H3. The van der Waals surface area contributed by atoms with Crippen LogP contribution in [0.2, 0.25) is 0 Å². The van der Waals surface area contributed by atoms with Gasteiger partial charge in [0.05, 0.1) is 0 Å². The van der Waals surface area contributed by atoms with Crippen molar-refractivity contribution in [3.05, 3.63) is 35.4 Å². The van der Waals surface area contributed by atoms with Crippen LogP contribution in [0.1, 0.15) is 35.7 Å². The third-order valence-electron chi connectivity index (χ3n) is 4.67. The Morgan fingerprint density at radius 2 is 2.04 bits per heavy atom. The summed E-state index contributed by atoms with van der Waals surface area (Å²) in [4.78, 5) is 28.7. The zero-order chi connectivity index (χ0) is 16.4. The van der Waals surface area contributed by atoms with E-state index in [2.05, 4.69) is 4.90 Å². The van der Waals surface area contributed by atoms with E-state index in [-0.39, 0.29) is 24.0 Å². The van der Waals surface area contributed by atoms with E-state index in [0.717, 1.165) is 43.6 Å². The molecule has 2 fully saturated rings. The van der Waals surface area contributed by atoms with Crippen LogP contribution in [0.5, 0.6) is 0 Å². The summed E-state index contributed by atoms with van der Waals surface area (Å²) >= 11 is 0. The molecule has 2 unspecified atom stereocenters. The molecule has 1 aromatic rings. The Labute approximate surface area is 137 Å². The molecule has 1 aromatic carbocycles. The van der Waals surface area contributed by atoms with E-state index in [1.165, 1.54) is 0 Å². The minimum atomic E-state index is -0.140. The van der Waals surface area contributed by atoms with Crippen LogP contribution >= 0.6 is 0 Å². The Bertz CT molecular complexity index is 602. The Hall–Kier alpha value is -1.88. The van der Waals surface area contributed by atoms with Gasteiger partial charge in [0.25, 0.3) is 5.91 Å². The highest BCUT2D eigenvalue weighted by Crippen LogP contribution is 2.21. The zero-order valence-electron chi connectivity index (χ0n) is 13.8. The molecule has 2 aliphatic heterocycles. The summed E-state index contributed by atoms with van der Waals surface area (Å²) in [6.07, 6.45) is 1.64. The molecule has 0 radical (unpaired) electrons. The third kappa shape index (κ3) is 3.55. The normalized spacial score (nSPS) is 26.0. The average molecular weight is 316 g/mol. The molecule has 5 heteroatoms. The highest BCUT2D eigenvalue weighted by molar-refractivity contribution is 5.94. The van der Waals surface area contributed by atoms with Crippen LogP contribution in [0.3, 0.4) is 0 Å².